The Morgan fingerprint density at radius 3 is 2.93 bits per heavy atom. The maximum Gasteiger partial charge on any atom is 0.308 e. The lowest BCUT2D eigenvalue weighted by atomic mass is 10.1. The summed E-state index contributed by atoms with van der Waals surface area (Å²) in [4.78, 5) is 10.8. The lowest BCUT2D eigenvalue weighted by molar-refractivity contribution is -0.131. The highest BCUT2D eigenvalue weighted by molar-refractivity contribution is 5.71. The number of esters is 1. The van der Waals surface area contributed by atoms with Crippen LogP contribution in [0.2, 0.25) is 0 Å². The molecule has 2 heteroatoms. The molecule has 0 saturated heterocycles. The molecule has 0 unspecified atom stereocenters. The Bertz CT molecular complexity index is 524. The minimum Gasteiger partial charge on any atom is -0.427 e. The SMILES string of the molecule is C=c1cc(OC(C)=O)cc2c1=CC=C2. The van der Waals surface area contributed by atoms with Crippen LogP contribution in [0.1, 0.15) is 12.5 Å². The van der Waals surface area contributed by atoms with Crippen molar-refractivity contribution in [3.05, 3.63) is 34.2 Å². The maximum absolute atomic E-state index is 10.8. The zero-order valence-corrected chi connectivity index (χ0v) is 7.91. The molecule has 70 valence electrons. The van der Waals surface area contributed by atoms with Gasteiger partial charge in [-0.2, -0.15) is 0 Å². The second kappa shape index (κ2) is 3.14. The highest BCUT2D eigenvalue weighted by Gasteiger charge is 2.03. The predicted octanol–water partition coefficient (Wildman–Crippen LogP) is 0.830. The number of hydrogen-bond acceptors (Lipinski definition) is 2. The number of hydrogen-bond donors (Lipinski definition) is 0. The molecule has 1 aliphatic carbocycles. The molecule has 0 spiro atoms. The van der Waals surface area contributed by atoms with E-state index in [0.29, 0.717) is 5.75 Å². The van der Waals surface area contributed by atoms with Crippen molar-refractivity contribution in [1.29, 1.82) is 0 Å². The van der Waals surface area contributed by atoms with E-state index >= 15 is 0 Å². The lowest BCUT2D eigenvalue weighted by Gasteiger charge is -2.02. The fourth-order valence-electron chi connectivity index (χ4n) is 1.52. The number of carbonyl (C=O) groups is 1. The van der Waals surface area contributed by atoms with Crippen molar-refractivity contribution >= 4 is 24.7 Å². The van der Waals surface area contributed by atoms with E-state index in [2.05, 4.69) is 6.58 Å². The Kier molecular flexibility index (Phi) is 1.97. The minimum atomic E-state index is -0.310. The van der Waals surface area contributed by atoms with Crippen LogP contribution < -0.4 is 15.2 Å². The summed E-state index contributed by atoms with van der Waals surface area (Å²) in [6.07, 6.45) is 5.92. The van der Waals surface area contributed by atoms with Crippen LogP contribution in [0.5, 0.6) is 5.75 Å². The molecule has 0 saturated carbocycles. The normalized spacial score (nSPS) is 12.1. The van der Waals surface area contributed by atoms with Gasteiger partial charge in [0.1, 0.15) is 5.75 Å². The third-order valence-electron chi connectivity index (χ3n) is 2.07. The molecule has 0 radical (unpaired) electrons. The van der Waals surface area contributed by atoms with Crippen molar-refractivity contribution in [2.45, 2.75) is 6.92 Å². The molecule has 2 nitrogen and oxygen atoms in total. The molecule has 0 atom stereocenters. The van der Waals surface area contributed by atoms with Crippen LogP contribution in [-0.4, -0.2) is 5.97 Å². The zero-order valence-electron chi connectivity index (χ0n) is 7.91. The first-order valence-electron chi connectivity index (χ1n) is 4.36. The van der Waals surface area contributed by atoms with Gasteiger partial charge in [0.2, 0.25) is 0 Å². The molecule has 0 amide bonds. The maximum atomic E-state index is 10.8. The van der Waals surface area contributed by atoms with E-state index in [1.165, 1.54) is 6.92 Å². The van der Waals surface area contributed by atoms with Gasteiger partial charge in [-0.25, -0.2) is 0 Å². The number of rotatable bonds is 1. The molecule has 0 bridgehead atoms. The van der Waals surface area contributed by atoms with Gasteiger partial charge >= 0.3 is 5.97 Å². The van der Waals surface area contributed by atoms with Gasteiger partial charge in [-0.15, -0.1) is 0 Å². The Morgan fingerprint density at radius 2 is 2.21 bits per heavy atom. The van der Waals surface area contributed by atoms with Crippen molar-refractivity contribution in [2.24, 2.45) is 0 Å². The fraction of sp³-hybridized carbons (Fsp3) is 0.0833. The number of fused-ring (bicyclic) bond motifs is 1. The first-order valence-corrected chi connectivity index (χ1v) is 4.36. The average molecular weight is 186 g/mol. The summed E-state index contributed by atoms with van der Waals surface area (Å²) < 4.78 is 4.99. The standard InChI is InChI=1S/C12H10O2/c1-8-6-11(14-9(2)13)7-10-4-3-5-12(8)10/h3-7H,1H2,2H3. The topological polar surface area (TPSA) is 26.3 Å². The van der Waals surface area contributed by atoms with Crippen molar-refractivity contribution < 1.29 is 9.53 Å². The van der Waals surface area contributed by atoms with Crippen LogP contribution in [0.15, 0.2) is 18.2 Å². The van der Waals surface area contributed by atoms with Crippen LogP contribution in [0.3, 0.4) is 0 Å². The number of ether oxygens (including phenoxy) is 1. The highest BCUT2D eigenvalue weighted by atomic mass is 16.5. The minimum absolute atomic E-state index is 0.310. The van der Waals surface area contributed by atoms with Gasteiger partial charge in [0.15, 0.2) is 0 Å². The second-order valence-corrected chi connectivity index (χ2v) is 3.20. The summed E-state index contributed by atoms with van der Waals surface area (Å²) in [5.74, 6) is 0.247. The molecule has 1 aromatic carbocycles. The molecule has 1 aliphatic rings. The molecule has 0 heterocycles. The van der Waals surface area contributed by atoms with Crippen LogP contribution >= 0.6 is 0 Å². The Hall–Kier alpha value is -1.83. The second-order valence-electron chi connectivity index (χ2n) is 3.20. The molecule has 0 fully saturated rings. The third kappa shape index (κ3) is 1.46. The Labute approximate surface area is 81.8 Å². The molecule has 0 aliphatic heterocycles. The number of benzene rings is 1. The van der Waals surface area contributed by atoms with E-state index in [1.54, 1.807) is 6.07 Å². The van der Waals surface area contributed by atoms with E-state index in [-0.39, 0.29) is 5.97 Å². The molecule has 0 aromatic heterocycles. The first kappa shape index (κ1) is 8.75. The van der Waals surface area contributed by atoms with E-state index in [9.17, 15) is 4.79 Å². The number of carbonyl (C=O) groups excluding carboxylic acids is 1. The molecule has 1 aromatic rings. The van der Waals surface area contributed by atoms with E-state index < -0.39 is 0 Å². The summed E-state index contributed by atoms with van der Waals surface area (Å²) in [7, 11) is 0. The van der Waals surface area contributed by atoms with Crippen LogP contribution in [0, 0.1) is 0 Å². The summed E-state index contributed by atoms with van der Waals surface area (Å²) >= 11 is 0. The first-order chi connectivity index (χ1) is 6.66. The summed E-state index contributed by atoms with van der Waals surface area (Å²) in [5.41, 5.74) is 1.05. The lowest BCUT2D eigenvalue weighted by Crippen LogP contribution is -2.24. The van der Waals surface area contributed by atoms with Crippen molar-refractivity contribution in [3.8, 4) is 5.75 Å². The predicted molar refractivity (Wildman–Crippen MR) is 56.0 cm³/mol. The van der Waals surface area contributed by atoms with Gasteiger partial charge < -0.3 is 4.74 Å². The van der Waals surface area contributed by atoms with E-state index in [1.807, 2.05) is 24.3 Å². The van der Waals surface area contributed by atoms with Crippen molar-refractivity contribution in [3.63, 3.8) is 0 Å². The van der Waals surface area contributed by atoms with Gasteiger partial charge in [0, 0.05) is 6.92 Å². The largest absolute Gasteiger partial charge is 0.427 e. The Morgan fingerprint density at radius 1 is 1.43 bits per heavy atom. The van der Waals surface area contributed by atoms with Crippen molar-refractivity contribution in [2.75, 3.05) is 0 Å². The summed E-state index contributed by atoms with van der Waals surface area (Å²) in [6.45, 7) is 5.28. The van der Waals surface area contributed by atoms with Crippen LogP contribution in [-0.2, 0) is 4.79 Å². The molecule has 14 heavy (non-hydrogen) atoms. The molecular weight excluding hydrogens is 176 g/mol. The van der Waals surface area contributed by atoms with Gasteiger partial charge in [-0.05, 0) is 28.1 Å². The monoisotopic (exact) mass is 186 g/mol. The van der Waals surface area contributed by atoms with Crippen molar-refractivity contribution in [1.82, 2.24) is 0 Å². The molecule has 0 N–H and O–H groups in total. The van der Waals surface area contributed by atoms with Crippen LogP contribution in [0.25, 0.3) is 18.7 Å². The number of allylic oxidation sites excluding steroid dienone is 1. The van der Waals surface area contributed by atoms with Gasteiger partial charge in [-0.1, -0.05) is 24.8 Å². The van der Waals surface area contributed by atoms with E-state index in [4.69, 9.17) is 4.74 Å². The van der Waals surface area contributed by atoms with Gasteiger partial charge in [0.05, 0.1) is 0 Å². The fourth-order valence-corrected chi connectivity index (χ4v) is 1.52. The third-order valence-corrected chi connectivity index (χ3v) is 2.07. The molecule has 2 rings (SSSR count). The van der Waals surface area contributed by atoms with E-state index in [0.717, 1.165) is 16.0 Å². The van der Waals surface area contributed by atoms with Gasteiger partial charge in [-0.3, -0.25) is 4.79 Å². The average Bonchev–Trinajstić information content (AvgIpc) is 2.50. The highest BCUT2D eigenvalue weighted by Crippen LogP contribution is 2.11. The smallest absolute Gasteiger partial charge is 0.308 e. The molecular formula is C12H10O2. The zero-order chi connectivity index (χ0) is 10.1. The van der Waals surface area contributed by atoms with Crippen LogP contribution in [0.4, 0.5) is 0 Å². The van der Waals surface area contributed by atoms with Gasteiger partial charge in [0.25, 0.3) is 0 Å². The summed E-state index contributed by atoms with van der Waals surface area (Å²) in [6, 6.07) is 3.61. The quantitative estimate of drug-likeness (QED) is 0.479. The Balaban J connectivity index is 2.54. The summed E-state index contributed by atoms with van der Waals surface area (Å²) in [5, 5.41) is 1.98.